The number of fused-ring (bicyclic) bond motifs is 1. The number of rotatable bonds is 12. The number of carbonyl (C=O) groups is 1. The largest absolute Gasteiger partial charge is 0.497 e. The molecule has 2 aliphatic rings. The number of hydrogen-bond donors (Lipinski definition) is 0. The Morgan fingerprint density at radius 2 is 1.86 bits per heavy atom. The van der Waals surface area contributed by atoms with Crippen molar-refractivity contribution in [3.63, 3.8) is 0 Å². The van der Waals surface area contributed by atoms with E-state index in [0.29, 0.717) is 24.2 Å². The molecule has 4 rings (SSSR count). The van der Waals surface area contributed by atoms with Crippen LogP contribution in [0.15, 0.2) is 47.6 Å². The third-order valence-electron chi connectivity index (χ3n) is 9.07. The van der Waals surface area contributed by atoms with Crippen molar-refractivity contribution in [3.05, 3.63) is 69.6 Å². The van der Waals surface area contributed by atoms with Gasteiger partial charge in [0, 0.05) is 5.56 Å². The summed E-state index contributed by atoms with van der Waals surface area (Å²) in [7, 11) is -0.430. The van der Waals surface area contributed by atoms with Crippen LogP contribution in [0.25, 0.3) is 0 Å². The third kappa shape index (κ3) is 7.04. The van der Waals surface area contributed by atoms with E-state index in [2.05, 4.69) is 51.6 Å². The van der Waals surface area contributed by atoms with Crippen LogP contribution in [-0.4, -0.2) is 51.3 Å². The summed E-state index contributed by atoms with van der Waals surface area (Å²) < 4.78 is 17.8. The van der Waals surface area contributed by atoms with Gasteiger partial charge in [0.05, 0.1) is 26.2 Å². The van der Waals surface area contributed by atoms with E-state index < -0.39 is 20.4 Å². The number of carbonyl (C=O) groups excluding carboxylic acids is 1. The van der Waals surface area contributed by atoms with Gasteiger partial charge in [0.2, 0.25) is 0 Å². The van der Waals surface area contributed by atoms with Crippen LogP contribution in [0.5, 0.6) is 5.75 Å². The highest BCUT2D eigenvalue weighted by Crippen LogP contribution is 2.42. The molecule has 2 unspecified atom stereocenters. The summed E-state index contributed by atoms with van der Waals surface area (Å²) in [6.45, 7) is 16.0. The summed E-state index contributed by atoms with van der Waals surface area (Å²) >= 11 is 0. The molecule has 0 aliphatic carbocycles. The maximum absolute atomic E-state index is 13.0. The van der Waals surface area contributed by atoms with Gasteiger partial charge in [-0.2, -0.15) is 5.06 Å². The van der Waals surface area contributed by atoms with E-state index >= 15 is 0 Å². The van der Waals surface area contributed by atoms with Crippen LogP contribution in [0.3, 0.4) is 0 Å². The second-order valence-corrected chi connectivity index (χ2v) is 17.4. The van der Waals surface area contributed by atoms with Crippen molar-refractivity contribution < 1.29 is 23.5 Å². The predicted molar refractivity (Wildman–Crippen MR) is 170 cm³/mol. The first-order valence-corrected chi connectivity index (χ1v) is 17.7. The predicted octanol–water partition coefficient (Wildman–Crippen LogP) is 7.10. The summed E-state index contributed by atoms with van der Waals surface area (Å²) in [5, 5.41) is 5.04. The van der Waals surface area contributed by atoms with Crippen LogP contribution in [0.1, 0.15) is 76.3 Å². The number of esters is 1. The quantitative estimate of drug-likeness (QED) is 0.110. The monoisotopic (exact) mass is 606 g/mol. The van der Waals surface area contributed by atoms with Crippen LogP contribution < -0.4 is 4.74 Å². The lowest BCUT2D eigenvalue weighted by Gasteiger charge is -2.39. The number of benzene rings is 2. The molecule has 0 amide bonds. The lowest BCUT2D eigenvalue weighted by Crippen LogP contribution is -2.47. The highest BCUT2D eigenvalue weighted by molar-refractivity contribution is 6.76. The molecule has 2 aromatic carbocycles. The number of cyclic esters (lactones) is 1. The Balaban J connectivity index is 1.51. The van der Waals surface area contributed by atoms with Crippen molar-refractivity contribution in [2.45, 2.75) is 103 Å². The zero-order valence-electron chi connectivity index (χ0n) is 26.8. The second kappa shape index (κ2) is 14.2. The molecule has 0 radical (unpaired) electrons. The number of methoxy groups -OCH3 is 1. The molecule has 2 heterocycles. The normalized spacial score (nSPS) is 22.7. The number of aryl methyl sites for hydroxylation is 1. The Labute approximate surface area is 257 Å². The highest BCUT2D eigenvalue weighted by atomic mass is 28.4. The van der Waals surface area contributed by atoms with Crippen LogP contribution >= 0.6 is 0 Å². The molecule has 0 bridgehead atoms. The minimum absolute atomic E-state index is 0.102. The molecular formula is C34H46N2O6Si. The number of hydroxylamine groups is 2. The topological polar surface area (TPSA) is 86.7 Å². The lowest BCUT2D eigenvalue weighted by atomic mass is 9.93. The van der Waals surface area contributed by atoms with E-state index in [-0.39, 0.29) is 24.1 Å². The number of hydrogen-bond acceptors (Lipinski definition) is 8. The van der Waals surface area contributed by atoms with Gasteiger partial charge in [-0.1, -0.05) is 71.1 Å². The molecule has 0 saturated carbocycles. The molecule has 43 heavy (non-hydrogen) atoms. The van der Waals surface area contributed by atoms with Crippen molar-refractivity contribution in [3.8, 4) is 17.6 Å². The van der Waals surface area contributed by atoms with Gasteiger partial charge >= 0.3 is 5.97 Å². The average Bonchev–Trinajstić information content (AvgIpc) is 3.48. The third-order valence-corrected chi connectivity index (χ3v) is 15.0. The summed E-state index contributed by atoms with van der Waals surface area (Å²) in [5.74, 6) is 6.49. The minimum atomic E-state index is -2.03. The Hall–Kier alpha value is -3.03. The van der Waals surface area contributed by atoms with Crippen LogP contribution in [0.2, 0.25) is 17.1 Å². The molecule has 2 fully saturated rings. The van der Waals surface area contributed by atoms with Gasteiger partial charge in [-0.3, -0.25) is 9.63 Å². The SMILES string of the molecule is CCC[Si](OC[C@H]1ON(Cc2cccc(C#CC(N=O)c3ccc(OC)cc3C)c2)[C@H]2C(=O)OC(C)[C@@H]12)(C(C)C)C(C)C. The Kier molecular flexibility index (Phi) is 10.8. The van der Waals surface area contributed by atoms with Gasteiger partial charge in [-0.05, 0) is 77.1 Å². The summed E-state index contributed by atoms with van der Waals surface area (Å²) in [6, 6.07) is 13.1. The highest BCUT2D eigenvalue weighted by Gasteiger charge is 2.57. The van der Waals surface area contributed by atoms with Gasteiger partial charge < -0.3 is 13.9 Å². The maximum Gasteiger partial charge on any atom is 0.326 e. The van der Waals surface area contributed by atoms with Gasteiger partial charge in [0.15, 0.2) is 14.4 Å². The maximum atomic E-state index is 13.0. The molecule has 232 valence electrons. The van der Waals surface area contributed by atoms with Crippen LogP contribution in [0, 0.1) is 29.6 Å². The molecule has 0 aromatic heterocycles. The van der Waals surface area contributed by atoms with Crippen molar-refractivity contribution in [1.82, 2.24) is 5.06 Å². The van der Waals surface area contributed by atoms with Crippen LogP contribution in [0.4, 0.5) is 0 Å². The molecule has 0 N–H and O–H groups in total. The van der Waals surface area contributed by atoms with E-state index in [1.165, 1.54) is 0 Å². The lowest BCUT2D eigenvalue weighted by molar-refractivity contribution is -0.195. The van der Waals surface area contributed by atoms with Gasteiger partial charge in [-0.25, -0.2) is 0 Å². The molecule has 2 aromatic rings. The summed E-state index contributed by atoms with van der Waals surface area (Å²) in [4.78, 5) is 31.1. The van der Waals surface area contributed by atoms with E-state index in [1.807, 2.05) is 50.2 Å². The first-order chi connectivity index (χ1) is 20.5. The number of nitroso groups, excluding NO2 is 1. The van der Waals surface area contributed by atoms with E-state index in [1.54, 1.807) is 18.2 Å². The smallest absolute Gasteiger partial charge is 0.326 e. The molecular weight excluding hydrogens is 560 g/mol. The van der Waals surface area contributed by atoms with Crippen molar-refractivity contribution >= 4 is 14.3 Å². The Morgan fingerprint density at radius 3 is 2.49 bits per heavy atom. The fourth-order valence-corrected chi connectivity index (χ4v) is 11.3. The standard InChI is InChI=1S/C34H46N2O6Si/c1-9-17-43(22(2)3,23(4)5)40-21-31-32-25(7)41-34(37)33(32)36(42-31)20-27-12-10-11-26(19-27)13-16-30(35-38)29-15-14-28(39-8)18-24(29)6/h10-12,14-15,18-19,22-23,25,30-33H,9,17,20-21H2,1-8H3/t25?,30?,31-,32+,33-/m1/s1. The van der Waals surface area contributed by atoms with Gasteiger partial charge in [0.25, 0.3) is 0 Å². The first kappa shape index (κ1) is 32.9. The number of nitrogens with zero attached hydrogens (tertiary/aromatic N) is 2. The molecule has 0 spiro atoms. The second-order valence-electron chi connectivity index (χ2n) is 12.4. The Bertz CT molecular complexity index is 1340. The van der Waals surface area contributed by atoms with Crippen molar-refractivity contribution in [1.29, 1.82) is 0 Å². The summed E-state index contributed by atoms with van der Waals surface area (Å²) in [5.41, 5.74) is 4.28. The molecule has 5 atom stereocenters. The average molecular weight is 607 g/mol. The summed E-state index contributed by atoms with van der Waals surface area (Å²) in [6.07, 6.45) is 0.581. The molecule has 2 aliphatic heterocycles. The minimum Gasteiger partial charge on any atom is -0.497 e. The fraction of sp³-hybridized carbons (Fsp3) is 0.559. The van der Waals surface area contributed by atoms with Crippen molar-refractivity contribution in [2.75, 3.05) is 13.7 Å². The van der Waals surface area contributed by atoms with E-state index in [9.17, 15) is 9.70 Å². The van der Waals surface area contributed by atoms with E-state index in [4.69, 9.17) is 18.7 Å². The number of ether oxygens (including phenoxy) is 2. The first-order valence-electron chi connectivity index (χ1n) is 15.4. The van der Waals surface area contributed by atoms with E-state index in [0.717, 1.165) is 40.5 Å². The zero-order valence-corrected chi connectivity index (χ0v) is 27.8. The zero-order chi connectivity index (χ0) is 31.3. The molecule has 2 saturated heterocycles. The van der Waals surface area contributed by atoms with Gasteiger partial charge in [-0.15, -0.1) is 4.91 Å². The van der Waals surface area contributed by atoms with Crippen molar-refractivity contribution in [2.24, 2.45) is 11.1 Å². The van der Waals surface area contributed by atoms with Gasteiger partial charge in [0.1, 0.15) is 24.0 Å². The fourth-order valence-electron chi connectivity index (χ4n) is 6.75. The Morgan fingerprint density at radius 1 is 1.12 bits per heavy atom. The molecule has 8 nitrogen and oxygen atoms in total. The molecule has 9 heteroatoms. The van der Waals surface area contributed by atoms with Crippen LogP contribution in [-0.2, 0) is 25.3 Å².